The summed E-state index contributed by atoms with van der Waals surface area (Å²) in [5, 5.41) is 3.60. The Bertz CT molecular complexity index is 415. The van der Waals surface area contributed by atoms with E-state index in [0.717, 1.165) is 25.4 Å². The third-order valence-corrected chi connectivity index (χ3v) is 3.54. The maximum atomic E-state index is 5.27. The molecule has 18 heavy (non-hydrogen) atoms. The van der Waals surface area contributed by atoms with Crippen LogP contribution in [0, 0.1) is 6.92 Å². The molecule has 2 rings (SSSR count). The maximum absolute atomic E-state index is 5.27. The minimum absolute atomic E-state index is 0.170. The minimum atomic E-state index is 0.170. The van der Waals surface area contributed by atoms with Gasteiger partial charge in [-0.1, -0.05) is 0 Å². The highest BCUT2D eigenvalue weighted by atomic mass is 16.5. The Balaban J connectivity index is 2.24. The molecule has 1 heterocycles. The molecule has 1 aliphatic rings. The van der Waals surface area contributed by atoms with E-state index in [1.54, 1.807) is 7.11 Å². The van der Waals surface area contributed by atoms with Crippen LogP contribution in [0.3, 0.4) is 0 Å². The van der Waals surface area contributed by atoms with E-state index in [0.29, 0.717) is 0 Å². The number of methoxy groups -OCH3 is 1. The lowest BCUT2D eigenvalue weighted by Gasteiger charge is -2.32. The first-order valence-electron chi connectivity index (χ1n) is 6.66. The molecular formula is C15H24N2O. The summed E-state index contributed by atoms with van der Waals surface area (Å²) in [5.74, 6) is 0.934. The van der Waals surface area contributed by atoms with Crippen molar-refractivity contribution < 1.29 is 4.74 Å². The SMILES string of the molecule is COc1ccc(N2CCCNC(C)(C)C2)c(C)c1. The number of nitrogens with one attached hydrogen (secondary N) is 1. The lowest BCUT2D eigenvalue weighted by atomic mass is 10.0. The smallest absolute Gasteiger partial charge is 0.119 e. The van der Waals surface area contributed by atoms with E-state index in [1.807, 2.05) is 6.07 Å². The largest absolute Gasteiger partial charge is 0.497 e. The summed E-state index contributed by atoms with van der Waals surface area (Å²) in [4.78, 5) is 2.48. The van der Waals surface area contributed by atoms with E-state index in [-0.39, 0.29) is 5.54 Å². The molecule has 100 valence electrons. The fourth-order valence-electron chi connectivity index (χ4n) is 2.62. The van der Waals surface area contributed by atoms with Gasteiger partial charge < -0.3 is 15.0 Å². The molecular weight excluding hydrogens is 224 g/mol. The second kappa shape index (κ2) is 5.19. The van der Waals surface area contributed by atoms with Gasteiger partial charge in [0, 0.05) is 24.3 Å². The van der Waals surface area contributed by atoms with Gasteiger partial charge in [0.15, 0.2) is 0 Å². The summed E-state index contributed by atoms with van der Waals surface area (Å²) in [7, 11) is 1.72. The number of hydrogen-bond donors (Lipinski definition) is 1. The number of aryl methyl sites for hydroxylation is 1. The van der Waals surface area contributed by atoms with Crippen LogP contribution in [0.4, 0.5) is 5.69 Å². The fraction of sp³-hybridized carbons (Fsp3) is 0.600. The van der Waals surface area contributed by atoms with Crippen LogP contribution < -0.4 is 15.0 Å². The zero-order chi connectivity index (χ0) is 13.2. The van der Waals surface area contributed by atoms with Crippen molar-refractivity contribution in [3.63, 3.8) is 0 Å². The molecule has 1 saturated heterocycles. The van der Waals surface area contributed by atoms with Gasteiger partial charge >= 0.3 is 0 Å². The van der Waals surface area contributed by atoms with Crippen LogP contribution in [-0.4, -0.2) is 32.3 Å². The first-order valence-corrected chi connectivity index (χ1v) is 6.66. The molecule has 0 aromatic heterocycles. The van der Waals surface area contributed by atoms with Crippen molar-refractivity contribution in [1.29, 1.82) is 0 Å². The van der Waals surface area contributed by atoms with Gasteiger partial charge in [-0.05, 0) is 57.5 Å². The van der Waals surface area contributed by atoms with Gasteiger partial charge in [-0.15, -0.1) is 0 Å². The molecule has 0 bridgehead atoms. The summed E-state index contributed by atoms with van der Waals surface area (Å²) < 4.78 is 5.27. The molecule has 1 fully saturated rings. The van der Waals surface area contributed by atoms with Gasteiger partial charge in [0.1, 0.15) is 5.75 Å². The van der Waals surface area contributed by atoms with E-state index < -0.39 is 0 Å². The third-order valence-electron chi connectivity index (χ3n) is 3.54. The second-order valence-corrected chi connectivity index (χ2v) is 5.74. The monoisotopic (exact) mass is 248 g/mol. The molecule has 0 atom stereocenters. The third kappa shape index (κ3) is 2.96. The predicted octanol–water partition coefficient (Wildman–Crippen LogP) is 2.58. The molecule has 3 heteroatoms. The molecule has 0 saturated carbocycles. The van der Waals surface area contributed by atoms with Gasteiger partial charge in [0.25, 0.3) is 0 Å². The number of anilines is 1. The molecule has 3 nitrogen and oxygen atoms in total. The number of benzene rings is 1. The average molecular weight is 248 g/mol. The van der Waals surface area contributed by atoms with Gasteiger partial charge in [-0.3, -0.25) is 0 Å². The van der Waals surface area contributed by atoms with Crippen molar-refractivity contribution in [1.82, 2.24) is 5.32 Å². The van der Waals surface area contributed by atoms with E-state index in [4.69, 9.17) is 4.74 Å². The van der Waals surface area contributed by atoms with Crippen LogP contribution in [0.15, 0.2) is 18.2 Å². The van der Waals surface area contributed by atoms with Crippen LogP contribution in [0.2, 0.25) is 0 Å². The second-order valence-electron chi connectivity index (χ2n) is 5.74. The molecule has 1 aromatic carbocycles. The molecule has 0 spiro atoms. The van der Waals surface area contributed by atoms with E-state index in [1.165, 1.54) is 17.7 Å². The fourth-order valence-corrected chi connectivity index (χ4v) is 2.62. The van der Waals surface area contributed by atoms with E-state index >= 15 is 0 Å². The lowest BCUT2D eigenvalue weighted by molar-refractivity contribution is 0.413. The quantitative estimate of drug-likeness (QED) is 0.870. The molecule has 0 aliphatic carbocycles. The number of hydrogen-bond acceptors (Lipinski definition) is 3. The van der Waals surface area contributed by atoms with Crippen molar-refractivity contribution >= 4 is 5.69 Å². The van der Waals surface area contributed by atoms with Crippen LogP contribution in [-0.2, 0) is 0 Å². The van der Waals surface area contributed by atoms with Gasteiger partial charge in [-0.2, -0.15) is 0 Å². The first-order chi connectivity index (χ1) is 8.52. The highest BCUT2D eigenvalue weighted by Gasteiger charge is 2.24. The van der Waals surface area contributed by atoms with Crippen molar-refractivity contribution in [2.45, 2.75) is 32.7 Å². The van der Waals surface area contributed by atoms with Crippen LogP contribution in [0.1, 0.15) is 25.8 Å². The highest BCUT2D eigenvalue weighted by molar-refractivity contribution is 5.56. The zero-order valence-electron chi connectivity index (χ0n) is 11.9. The zero-order valence-corrected chi connectivity index (χ0v) is 11.9. The normalized spacial score (nSPS) is 19.4. The maximum Gasteiger partial charge on any atom is 0.119 e. The van der Waals surface area contributed by atoms with Crippen molar-refractivity contribution in [3.05, 3.63) is 23.8 Å². The number of nitrogens with zero attached hydrogens (tertiary/aromatic N) is 1. The van der Waals surface area contributed by atoms with Crippen molar-refractivity contribution in [3.8, 4) is 5.75 Å². The first kappa shape index (κ1) is 13.2. The number of rotatable bonds is 2. The standard InChI is InChI=1S/C15H24N2O/c1-12-10-13(18-4)6-7-14(12)17-9-5-8-16-15(2,3)11-17/h6-7,10,16H,5,8-9,11H2,1-4H3. The van der Waals surface area contributed by atoms with Crippen molar-refractivity contribution in [2.24, 2.45) is 0 Å². The molecule has 1 aliphatic heterocycles. The predicted molar refractivity (Wildman–Crippen MR) is 76.6 cm³/mol. The summed E-state index contributed by atoms with van der Waals surface area (Å²) in [5.41, 5.74) is 2.78. The Morgan fingerprint density at radius 1 is 1.33 bits per heavy atom. The van der Waals surface area contributed by atoms with Crippen LogP contribution >= 0.6 is 0 Å². The molecule has 1 aromatic rings. The molecule has 1 N–H and O–H groups in total. The van der Waals surface area contributed by atoms with Crippen LogP contribution in [0.25, 0.3) is 0 Å². The Kier molecular flexibility index (Phi) is 3.81. The molecule has 0 radical (unpaired) electrons. The lowest BCUT2D eigenvalue weighted by Crippen LogP contribution is -2.46. The van der Waals surface area contributed by atoms with Gasteiger partial charge in [0.2, 0.25) is 0 Å². The summed E-state index contributed by atoms with van der Waals surface area (Å²) in [6.07, 6.45) is 1.19. The van der Waals surface area contributed by atoms with Crippen molar-refractivity contribution in [2.75, 3.05) is 31.6 Å². The summed E-state index contributed by atoms with van der Waals surface area (Å²) >= 11 is 0. The molecule has 0 amide bonds. The molecule has 0 unspecified atom stereocenters. The Hall–Kier alpha value is -1.22. The summed E-state index contributed by atoms with van der Waals surface area (Å²) in [6, 6.07) is 6.34. The van der Waals surface area contributed by atoms with Crippen LogP contribution in [0.5, 0.6) is 5.75 Å². The minimum Gasteiger partial charge on any atom is -0.497 e. The Labute approximate surface area is 110 Å². The van der Waals surface area contributed by atoms with Gasteiger partial charge in [-0.25, -0.2) is 0 Å². The van der Waals surface area contributed by atoms with Gasteiger partial charge in [0.05, 0.1) is 7.11 Å². The Morgan fingerprint density at radius 2 is 2.11 bits per heavy atom. The van der Waals surface area contributed by atoms with E-state index in [2.05, 4.69) is 43.1 Å². The topological polar surface area (TPSA) is 24.5 Å². The number of ether oxygens (including phenoxy) is 1. The van der Waals surface area contributed by atoms with E-state index in [9.17, 15) is 0 Å². The Morgan fingerprint density at radius 3 is 2.78 bits per heavy atom. The summed E-state index contributed by atoms with van der Waals surface area (Å²) in [6.45, 7) is 9.94. The highest BCUT2D eigenvalue weighted by Crippen LogP contribution is 2.27. The average Bonchev–Trinajstić information content (AvgIpc) is 2.49.